The summed E-state index contributed by atoms with van der Waals surface area (Å²) >= 11 is 0. The number of halogens is 1. The average molecular weight is 357 g/mol. The Morgan fingerprint density at radius 3 is 2.85 bits per heavy atom. The van der Waals surface area contributed by atoms with E-state index in [0.717, 1.165) is 12.1 Å². The molecule has 0 aliphatic carbocycles. The van der Waals surface area contributed by atoms with Crippen LogP contribution < -0.4 is 16.0 Å². The van der Waals surface area contributed by atoms with Crippen LogP contribution in [0.4, 0.5) is 10.1 Å². The minimum Gasteiger partial charge on any atom is -0.493 e. The summed E-state index contributed by atoms with van der Waals surface area (Å²) < 4.78 is 23.6. The molecule has 26 heavy (non-hydrogen) atoms. The highest BCUT2D eigenvalue weighted by Gasteiger charge is 2.11. The summed E-state index contributed by atoms with van der Waals surface area (Å²) in [5, 5.41) is 0.477. The van der Waals surface area contributed by atoms with E-state index in [1.165, 1.54) is 12.4 Å². The molecule has 0 bridgehead atoms. The van der Waals surface area contributed by atoms with E-state index in [2.05, 4.69) is 9.97 Å². The topological polar surface area (TPSA) is 107 Å². The summed E-state index contributed by atoms with van der Waals surface area (Å²) in [6.07, 6.45) is 1.78. The standard InChI is InChI=1S/C18H16FN3O4/c19-11-2-4-13(15(20)8-11)18(24)26-7-1-6-25-12-3-5-14-16(9-12)21-10-22-17(14)23/h2-5,8-10H,1,6-7,20H2,(H,21,22,23). The van der Waals surface area contributed by atoms with Crippen molar-refractivity contribution < 1.29 is 18.7 Å². The second-order valence-electron chi connectivity index (χ2n) is 5.48. The number of hydrogen-bond acceptors (Lipinski definition) is 6. The van der Waals surface area contributed by atoms with Crippen molar-refractivity contribution in [3.05, 3.63) is 64.5 Å². The van der Waals surface area contributed by atoms with Crippen molar-refractivity contribution in [1.29, 1.82) is 0 Å². The maximum Gasteiger partial charge on any atom is 0.340 e. The Morgan fingerprint density at radius 2 is 2.04 bits per heavy atom. The van der Waals surface area contributed by atoms with Gasteiger partial charge in [0, 0.05) is 18.2 Å². The molecule has 0 radical (unpaired) electrons. The molecule has 2 aromatic carbocycles. The number of nitrogen functional groups attached to an aromatic ring is 1. The zero-order valence-electron chi connectivity index (χ0n) is 13.7. The first-order chi connectivity index (χ1) is 12.5. The number of anilines is 1. The van der Waals surface area contributed by atoms with E-state index in [0.29, 0.717) is 29.7 Å². The number of rotatable bonds is 6. The van der Waals surface area contributed by atoms with Gasteiger partial charge in [0.05, 0.1) is 36.0 Å². The highest BCUT2D eigenvalue weighted by molar-refractivity contribution is 5.95. The molecule has 0 saturated carbocycles. The Labute approximate surface area is 147 Å². The number of aromatic amines is 1. The van der Waals surface area contributed by atoms with Crippen molar-refractivity contribution in [2.45, 2.75) is 6.42 Å². The number of nitrogens with two attached hydrogens (primary N) is 1. The largest absolute Gasteiger partial charge is 0.493 e. The molecule has 0 fully saturated rings. The zero-order valence-corrected chi connectivity index (χ0v) is 13.7. The SMILES string of the molecule is Nc1cc(F)ccc1C(=O)OCCCOc1ccc2c(=O)[nH]cnc2c1. The van der Waals surface area contributed by atoms with Gasteiger partial charge in [-0.25, -0.2) is 14.2 Å². The fraction of sp³-hybridized carbons (Fsp3) is 0.167. The molecule has 0 unspecified atom stereocenters. The summed E-state index contributed by atoms with van der Waals surface area (Å²) in [5.74, 6) is -0.569. The molecule has 0 spiro atoms. The van der Waals surface area contributed by atoms with Gasteiger partial charge in [-0.1, -0.05) is 0 Å². The average Bonchev–Trinajstić information content (AvgIpc) is 2.61. The highest BCUT2D eigenvalue weighted by Crippen LogP contribution is 2.17. The molecule has 0 aliphatic heterocycles. The Bertz CT molecular complexity index is 1000. The molecular formula is C18H16FN3O4. The lowest BCUT2D eigenvalue weighted by Gasteiger charge is -2.09. The minimum atomic E-state index is -0.614. The smallest absolute Gasteiger partial charge is 0.340 e. The van der Waals surface area contributed by atoms with Gasteiger partial charge in [-0.05, 0) is 30.3 Å². The van der Waals surface area contributed by atoms with Crippen LogP contribution in [0.1, 0.15) is 16.8 Å². The summed E-state index contributed by atoms with van der Waals surface area (Å²) in [7, 11) is 0. The summed E-state index contributed by atoms with van der Waals surface area (Å²) in [6.45, 7) is 0.433. The van der Waals surface area contributed by atoms with E-state index < -0.39 is 11.8 Å². The third kappa shape index (κ3) is 3.97. The second kappa shape index (κ2) is 7.64. The molecule has 134 valence electrons. The zero-order chi connectivity index (χ0) is 18.5. The molecule has 3 N–H and O–H groups in total. The number of carbonyl (C=O) groups excluding carboxylic acids is 1. The van der Waals surface area contributed by atoms with Gasteiger partial charge in [0.2, 0.25) is 0 Å². The lowest BCUT2D eigenvalue weighted by molar-refractivity contribution is 0.0487. The van der Waals surface area contributed by atoms with E-state index in [9.17, 15) is 14.0 Å². The molecule has 0 amide bonds. The predicted molar refractivity (Wildman–Crippen MR) is 93.6 cm³/mol. The first-order valence-corrected chi connectivity index (χ1v) is 7.87. The number of carbonyl (C=O) groups is 1. The maximum absolute atomic E-state index is 13.0. The third-order valence-corrected chi connectivity index (χ3v) is 3.64. The van der Waals surface area contributed by atoms with Crippen LogP contribution >= 0.6 is 0 Å². The molecule has 3 rings (SSSR count). The number of esters is 1. The van der Waals surface area contributed by atoms with Crippen LogP contribution in [-0.2, 0) is 4.74 Å². The molecule has 7 nitrogen and oxygen atoms in total. The van der Waals surface area contributed by atoms with E-state index in [-0.39, 0.29) is 23.4 Å². The lowest BCUT2D eigenvalue weighted by atomic mass is 10.2. The number of aromatic nitrogens is 2. The first-order valence-electron chi connectivity index (χ1n) is 7.87. The molecule has 0 atom stereocenters. The number of benzene rings is 2. The minimum absolute atomic E-state index is 0.0323. The summed E-state index contributed by atoms with van der Waals surface area (Å²) in [6, 6.07) is 8.47. The van der Waals surface area contributed by atoms with Crippen LogP contribution in [0.2, 0.25) is 0 Å². The molecule has 3 aromatic rings. The van der Waals surface area contributed by atoms with Gasteiger partial charge >= 0.3 is 5.97 Å². The van der Waals surface area contributed by atoms with Crippen LogP contribution in [0.3, 0.4) is 0 Å². The van der Waals surface area contributed by atoms with Gasteiger partial charge in [0.1, 0.15) is 11.6 Å². The number of nitrogens with one attached hydrogen (secondary N) is 1. The number of ether oxygens (including phenoxy) is 2. The summed E-state index contributed by atoms with van der Waals surface area (Å²) in [4.78, 5) is 30.1. The Morgan fingerprint density at radius 1 is 1.19 bits per heavy atom. The fourth-order valence-corrected chi connectivity index (χ4v) is 2.35. The van der Waals surface area contributed by atoms with E-state index in [1.807, 2.05) is 0 Å². The van der Waals surface area contributed by atoms with Gasteiger partial charge in [0.15, 0.2) is 0 Å². The van der Waals surface area contributed by atoms with E-state index in [1.54, 1.807) is 18.2 Å². The van der Waals surface area contributed by atoms with Gasteiger partial charge < -0.3 is 20.2 Å². The van der Waals surface area contributed by atoms with Gasteiger partial charge in [-0.3, -0.25) is 4.79 Å². The molecule has 0 aliphatic rings. The number of hydrogen-bond donors (Lipinski definition) is 2. The Kier molecular flexibility index (Phi) is 5.12. The highest BCUT2D eigenvalue weighted by atomic mass is 19.1. The van der Waals surface area contributed by atoms with Crippen LogP contribution in [0, 0.1) is 5.82 Å². The molecular weight excluding hydrogens is 341 g/mol. The Balaban J connectivity index is 1.48. The molecule has 1 aromatic heterocycles. The van der Waals surface area contributed by atoms with E-state index in [4.69, 9.17) is 15.2 Å². The van der Waals surface area contributed by atoms with Crippen LogP contribution in [0.25, 0.3) is 10.9 Å². The third-order valence-electron chi connectivity index (χ3n) is 3.64. The van der Waals surface area contributed by atoms with Crippen molar-refractivity contribution in [3.63, 3.8) is 0 Å². The predicted octanol–water partition coefficient (Wildman–Crippen LogP) is 2.27. The number of nitrogens with zero attached hydrogens (tertiary/aromatic N) is 1. The van der Waals surface area contributed by atoms with Crippen molar-refractivity contribution in [1.82, 2.24) is 9.97 Å². The molecule has 1 heterocycles. The van der Waals surface area contributed by atoms with Gasteiger partial charge in [-0.2, -0.15) is 0 Å². The van der Waals surface area contributed by atoms with Crippen molar-refractivity contribution in [3.8, 4) is 5.75 Å². The monoisotopic (exact) mass is 357 g/mol. The van der Waals surface area contributed by atoms with Gasteiger partial charge in [0.25, 0.3) is 5.56 Å². The van der Waals surface area contributed by atoms with Crippen LogP contribution in [0.5, 0.6) is 5.75 Å². The van der Waals surface area contributed by atoms with E-state index >= 15 is 0 Å². The maximum atomic E-state index is 13.0. The molecule has 8 heteroatoms. The normalized spacial score (nSPS) is 10.7. The number of H-pyrrole nitrogens is 1. The van der Waals surface area contributed by atoms with Crippen molar-refractivity contribution in [2.24, 2.45) is 0 Å². The lowest BCUT2D eigenvalue weighted by Crippen LogP contribution is -2.11. The second-order valence-corrected chi connectivity index (χ2v) is 5.48. The summed E-state index contributed by atoms with van der Waals surface area (Å²) in [5.41, 5.74) is 6.06. The quantitative estimate of drug-likeness (QED) is 0.398. The molecule has 0 saturated heterocycles. The van der Waals surface area contributed by atoms with Crippen molar-refractivity contribution >= 4 is 22.6 Å². The first kappa shape index (κ1) is 17.4. The fourth-order valence-electron chi connectivity index (χ4n) is 2.35. The van der Waals surface area contributed by atoms with Gasteiger partial charge in [-0.15, -0.1) is 0 Å². The Hall–Kier alpha value is -3.42. The van der Waals surface area contributed by atoms with Crippen LogP contribution in [0.15, 0.2) is 47.5 Å². The van der Waals surface area contributed by atoms with Crippen LogP contribution in [-0.4, -0.2) is 29.2 Å². The van der Waals surface area contributed by atoms with Crippen molar-refractivity contribution in [2.75, 3.05) is 18.9 Å². The number of fused-ring (bicyclic) bond motifs is 1.